The van der Waals surface area contributed by atoms with Crippen LogP contribution >= 0.6 is 34.4 Å². The smallest absolute Gasteiger partial charge is 0.341 e. The minimum Gasteiger partial charge on any atom is -0.465 e. The zero-order valence-corrected chi connectivity index (χ0v) is 23.1. The molecular formula is C27H28N4O3S3. The molecule has 0 spiro atoms. The maximum atomic E-state index is 13.0. The molecule has 1 amide bonds. The standard InChI is InChI=1S/C27H28N4O3S3/c1-3-14-31-24(19-15-35-20-12-9-8-10-17(19)20)29-30-27(31)36-16-22(32)28-25-23(26(33)34-2)18-11-6-4-5-7-13-21(18)37-25/h3,8-10,12,15H,1,4-7,11,13-14,16H2,2H3,(H,28,32). The topological polar surface area (TPSA) is 86.1 Å². The molecule has 0 bridgehead atoms. The van der Waals surface area contributed by atoms with Gasteiger partial charge in [0.2, 0.25) is 5.91 Å². The molecule has 0 aliphatic heterocycles. The molecule has 0 saturated carbocycles. The Bertz CT molecular complexity index is 1450. The Balaban J connectivity index is 1.35. The summed E-state index contributed by atoms with van der Waals surface area (Å²) in [6, 6.07) is 8.21. The first-order chi connectivity index (χ1) is 18.1. The molecule has 1 aliphatic rings. The number of carbonyl (C=O) groups excluding carboxylic acids is 2. The van der Waals surface area contributed by atoms with E-state index >= 15 is 0 Å². The van der Waals surface area contributed by atoms with Crippen molar-refractivity contribution < 1.29 is 14.3 Å². The average Bonchev–Trinajstić information content (AvgIpc) is 3.58. The molecule has 4 aromatic rings. The van der Waals surface area contributed by atoms with Crippen molar-refractivity contribution in [2.24, 2.45) is 0 Å². The number of thioether (sulfide) groups is 1. The van der Waals surface area contributed by atoms with Gasteiger partial charge in [-0.2, -0.15) is 0 Å². The summed E-state index contributed by atoms with van der Waals surface area (Å²) in [7, 11) is 1.39. The van der Waals surface area contributed by atoms with Crippen molar-refractivity contribution >= 4 is 61.4 Å². The molecule has 0 unspecified atom stereocenters. The Hall–Kier alpha value is -2.95. The van der Waals surface area contributed by atoms with Crippen LogP contribution < -0.4 is 5.32 Å². The number of esters is 1. The van der Waals surface area contributed by atoms with Gasteiger partial charge in [0.1, 0.15) is 5.00 Å². The maximum Gasteiger partial charge on any atom is 0.341 e. The summed E-state index contributed by atoms with van der Waals surface area (Å²) in [6.07, 6.45) is 8.05. The molecule has 1 aliphatic carbocycles. The third-order valence-electron chi connectivity index (χ3n) is 6.40. The van der Waals surface area contributed by atoms with Crippen molar-refractivity contribution in [1.29, 1.82) is 0 Å². The molecule has 0 radical (unpaired) electrons. The molecule has 1 N–H and O–H groups in total. The number of ether oxygens (including phenoxy) is 1. The fourth-order valence-corrected chi connectivity index (χ4v) is 7.64. The van der Waals surface area contributed by atoms with E-state index < -0.39 is 0 Å². The quantitative estimate of drug-likeness (QED) is 0.151. The molecule has 3 aromatic heterocycles. The fraction of sp³-hybridized carbons (Fsp3) is 0.333. The molecule has 37 heavy (non-hydrogen) atoms. The molecule has 0 saturated heterocycles. The van der Waals surface area contributed by atoms with Crippen LogP contribution in [-0.2, 0) is 28.9 Å². The van der Waals surface area contributed by atoms with Crippen molar-refractivity contribution in [3.05, 3.63) is 58.3 Å². The van der Waals surface area contributed by atoms with Crippen LogP contribution in [0.15, 0.2) is 47.5 Å². The summed E-state index contributed by atoms with van der Waals surface area (Å²) in [5.74, 6) is 0.314. The van der Waals surface area contributed by atoms with Gasteiger partial charge < -0.3 is 10.1 Å². The van der Waals surface area contributed by atoms with E-state index in [1.165, 1.54) is 46.2 Å². The molecule has 10 heteroatoms. The van der Waals surface area contributed by atoms with Gasteiger partial charge in [0.15, 0.2) is 11.0 Å². The number of thiophene rings is 2. The van der Waals surface area contributed by atoms with Gasteiger partial charge in [0.05, 0.1) is 18.4 Å². The number of aromatic nitrogens is 3. The predicted octanol–water partition coefficient (Wildman–Crippen LogP) is 6.58. The average molecular weight is 553 g/mol. The number of amides is 1. The number of hydrogen-bond acceptors (Lipinski definition) is 8. The summed E-state index contributed by atoms with van der Waals surface area (Å²) in [5.41, 5.74) is 2.58. The normalized spacial score (nSPS) is 13.5. The molecule has 7 nitrogen and oxygen atoms in total. The lowest BCUT2D eigenvalue weighted by atomic mass is 9.96. The Labute approximate surface area is 227 Å². The van der Waals surface area contributed by atoms with Gasteiger partial charge in [-0.05, 0) is 37.3 Å². The van der Waals surface area contributed by atoms with Gasteiger partial charge in [0, 0.05) is 32.5 Å². The molecule has 3 heterocycles. The SMILES string of the molecule is C=CCn1c(SCC(=O)Nc2sc3c(c2C(=O)OC)CCCCCC3)nnc1-c1csc2ccccc12. The lowest BCUT2D eigenvalue weighted by molar-refractivity contribution is -0.113. The van der Waals surface area contributed by atoms with Crippen LogP contribution in [0.1, 0.15) is 46.5 Å². The number of rotatable bonds is 8. The van der Waals surface area contributed by atoms with Crippen molar-refractivity contribution in [2.75, 3.05) is 18.2 Å². The van der Waals surface area contributed by atoms with Crippen molar-refractivity contribution in [1.82, 2.24) is 14.8 Å². The number of benzene rings is 1. The number of anilines is 1. The number of hydrogen-bond donors (Lipinski definition) is 1. The summed E-state index contributed by atoms with van der Waals surface area (Å²) in [4.78, 5) is 26.9. The second-order valence-electron chi connectivity index (χ2n) is 8.80. The van der Waals surface area contributed by atoms with Gasteiger partial charge in [0.25, 0.3) is 0 Å². The lowest BCUT2D eigenvalue weighted by Crippen LogP contribution is -2.17. The first-order valence-electron chi connectivity index (χ1n) is 12.3. The summed E-state index contributed by atoms with van der Waals surface area (Å²) in [6.45, 7) is 4.42. The first kappa shape index (κ1) is 25.7. The molecule has 0 fully saturated rings. The number of allylic oxidation sites excluding steroid dienone is 1. The zero-order chi connectivity index (χ0) is 25.8. The molecule has 1 aromatic carbocycles. The molecular weight excluding hydrogens is 525 g/mol. The number of nitrogens with zero attached hydrogens (tertiary/aromatic N) is 3. The Morgan fingerprint density at radius 2 is 2.00 bits per heavy atom. The van der Waals surface area contributed by atoms with Gasteiger partial charge in [-0.1, -0.05) is 48.9 Å². The zero-order valence-electron chi connectivity index (χ0n) is 20.6. The predicted molar refractivity (Wildman–Crippen MR) is 152 cm³/mol. The number of aryl methyl sites for hydroxylation is 1. The molecule has 0 atom stereocenters. The largest absolute Gasteiger partial charge is 0.465 e. The van der Waals surface area contributed by atoms with Crippen molar-refractivity contribution in [2.45, 2.75) is 50.2 Å². The van der Waals surface area contributed by atoms with Crippen molar-refractivity contribution in [3.8, 4) is 11.4 Å². The van der Waals surface area contributed by atoms with Crippen LogP contribution in [-0.4, -0.2) is 39.5 Å². The van der Waals surface area contributed by atoms with E-state index in [9.17, 15) is 9.59 Å². The Kier molecular flexibility index (Phi) is 8.07. The highest BCUT2D eigenvalue weighted by molar-refractivity contribution is 7.99. The highest BCUT2D eigenvalue weighted by atomic mass is 32.2. The summed E-state index contributed by atoms with van der Waals surface area (Å²) in [5, 5.41) is 16.3. The van der Waals surface area contributed by atoms with Crippen LogP contribution in [0.4, 0.5) is 5.00 Å². The van der Waals surface area contributed by atoms with Crippen LogP contribution in [0, 0.1) is 0 Å². The first-order valence-corrected chi connectivity index (χ1v) is 14.9. The number of nitrogens with one attached hydrogen (secondary N) is 1. The monoisotopic (exact) mass is 552 g/mol. The van der Waals surface area contributed by atoms with E-state index in [1.807, 2.05) is 16.7 Å². The second kappa shape index (κ2) is 11.6. The van der Waals surface area contributed by atoms with E-state index in [-0.39, 0.29) is 17.6 Å². The van der Waals surface area contributed by atoms with Crippen LogP contribution in [0.2, 0.25) is 0 Å². The molecule has 192 valence electrons. The second-order valence-corrected chi connectivity index (χ2v) is 11.8. The van der Waals surface area contributed by atoms with Crippen LogP contribution in [0.25, 0.3) is 21.5 Å². The minimum atomic E-state index is -0.389. The highest BCUT2D eigenvalue weighted by Crippen LogP contribution is 2.38. The van der Waals surface area contributed by atoms with Gasteiger partial charge in [-0.3, -0.25) is 9.36 Å². The van der Waals surface area contributed by atoms with E-state index in [0.717, 1.165) is 54.4 Å². The minimum absolute atomic E-state index is 0.142. The molecule has 5 rings (SSSR count). The van der Waals surface area contributed by atoms with E-state index in [1.54, 1.807) is 17.4 Å². The van der Waals surface area contributed by atoms with E-state index in [4.69, 9.17) is 4.74 Å². The fourth-order valence-electron chi connectivity index (χ4n) is 4.66. The van der Waals surface area contributed by atoms with E-state index in [0.29, 0.717) is 22.3 Å². The van der Waals surface area contributed by atoms with E-state index in [2.05, 4.69) is 39.6 Å². The number of methoxy groups -OCH3 is 1. The van der Waals surface area contributed by atoms with Gasteiger partial charge in [-0.15, -0.1) is 39.4 Å². The highest BCUT2D eigenvalue weighted by Gasteiger charge is 2.26. The number of fused-ring (bicyclic) bond motifs is 2. The van der Waals surface area contributed by atoms with Gasteiger partial charge in [-0.25, -0.2) is 4.79 Å². The summed E-state index contributed by atoms with van der Waals surface area (Å²) >= 11 is 4.50. The Morgan fingerprint density at radius 3 is 2.81 bits per heavy atom. The third kappa shape index (κ3) is 5.37. The van der Waals surface area contributed by atoms with Crippen molar-refractivity contribution in [3.63, 3.8) is 0 Å². The maximum absolute atomic E-state index is 13.0. The third-order valence-corrected chi connectivity index (χ3v) is 9.53. The lowest BCUT2D eigenvalue weighted by Gasteiger charge is -2.11. The summed E-state index contributed by atoms with van der Waals surface area (Å²) < 4.78 is 8.24. The van der Waals surface area contributed by atoms with Gasteiger partial charge >= 0.3 is 5.97 Å². The van der Waals surface area contributed by atoms with Crippen LogP contribution in [0.5, 0.6) is 0 Å². The Morgan fingerprint density at radius 1 is 1.19 bits per heavy atom. The van der Waals surface area contributed by atoms with Crippen LogP contribution in [0.3, 0.4) is 0 Å². The number of carbonyl (C=O) groups is 2.